The lowest BCUT2D eigenvalue weighted by molar-refractivity contribution is -0.141. The highest BCUT2D eigenvalue weighted by molar-refractivity contribution is 5.94. The second-order valence-electron chi connectivity index (χ2n) is 8.09. The van der Waals surface area contributed by atoms with Gasteiger partial charge in [0, 0.05) is 30.8 Å². The monoisotopic (exact) mass is 463 g/mol. The zero-order valence-electron chi connectivity index (χ0n) is 16.8. The number of aliphatic hydroxyl groups excluding tert-OH is 1. The third-order valence-electron chi connectivity index (χ3n) is 5.99. The molecule has 2 aliphatic rings. The molecular formula is C20H19F6N3O3. The van der Waals surface area contributed by atoms with Crippen LogP contribution in [-0.4, -0.2) is 39.1 Å². The van der Waals surface area contributed by atoms with Crippen molar-refractivity contribution in [1.29, 1.82) is 0 Å². The molecule has 2 aliphatic heterocycles. The first kappa shape index (κ1) is 22.6. The van der Waals surface area contributed by atoms with Crippen LogP contribution in [0.15, 0.2) is 24.3 Å². The van der Waals surface area contributed by atoms with Crippen molar-refractivity contribution in [2.24, 2.45) is 13.0 Å². The van der Waals surface area contributed by atoms with E-state index in [4.69, 9.17) is 4.74 Å². The molecule has 3 heterocycles. The van der Waals surface area contributed by atoms with Crippen LogP contribution in [0.2, 0.25) is 0 Å². The highest BCUT2D eigenvalue weighted by Gasteiger charge is 2.58. The summed E-state index contributed by atoms with van der Waals surface area (Å²) < 4.78 is 85.6. The Kier molecular flexibility index (Phi) is 5.28. The van der Waals surface area contributed by atoms with E-state index in [0.29, 0.717) is 0 Å². The number of aryl methyl sites for hydroxylation is 2. The smallest absolute Gasteiger partial charge is 0.390 e. The lowest BCUT2D eigenvalue weighted by atomic mass is 9.75. The van der Waals surface area contributed by atoms with Gasteiger partial charge in [0.15, 0.2) is 5.69 Å². The molecule has 0 saturated carbocycles. The Hall–Kier alpha value is -2.60. The summed E-state index contributed by atoms with van der Waals surface area (Å²) in [4.78, 5) is 13.1. The van der Waals surface area contributed by atoms with E-state index in [9.17, 15) is 36.2 Å². The first-order chi connectivity index (χ1) is 14.8. The number of nitrogens with zero attached hydrogens (tertiary/aromatic N) is 2. The van der Waals surface area contributed by atoms with Gasteiger partial charge in [-0.15, -0.1) is 0 Å². The van der Waals surface area contributed by atoms with Crippen molar-refractivity contribution < 1.29 is 41.0 Å². The Morgan fingerprint density at radius 3 is 2.47 bits per heavy atom. The number of halogens is 6. The fraction of sp³-hybridized carbons (Fsp3) is 0.500. The number of rotatable bonds is 3. The van der Waals surface area contributed by atoms with Crippen molar-refractivity contribution in [2.75, 3.05) is 5.32 Å². The fourth-order valence-electron chi connectivity index (χ4n) is 4.56. The summed E-state index contributed by atoms with van der Waals surface area (Å²) in [6.07, 6.45) is -12.0. The normalized spacial score (nSPS) is 27.7. The maximum atomic E-state index is 13.2. The molecule has 1 amide bonds. The van der Waals surface area contributed by atoms with Crippen LogP contribution in [0.1, 0.15) is 34.9 Å². The minimum absolute atomic E-state index is 0.0191. The quantitative estimate of drug-likeness (QED) is 0.682. The number of amides is 1. The van der Waals surface area contributed by atoms with Gasteiger partial charge >= 0.3 is 12.4 Å². The van der Waals surface area contributed by atoms with Gasteiger partial charge in [-0.3, -0.25) is 9.48 Å². The van der Waals surface area contributed by atoms with Gasteiger partial charge < -0.3 is 15.2 Å². The number of fused-ring (bicyclic) bond motifs is 2. The Morgan fingerprint density at radius 1 is 1.19 bits per heavy atom. The predicted molar refractivity (Wildman–Crippen MR) is 98.5 cm³/mol. The van der Waals surface area contributed by atoms with E-state index in [2.05, 4.69) is 10.4 Å². The number of carbonyl (C=O) groups excluding carboxylic acids is 1. The van der Waals surface area contributed by atoms with Crippen LogP contribution in [0.25, 0.3) is 0 Å². The van der Waals surface area contributed by atoms with E-state index in [1.165, 1.54) is 26.1 Å². The van der Waals surface area contributed by atoms with E-state index in [-0.39, 0.29) is 23.4 Å². The first-order valence-corrected chi connectivity index (χ1v) is 9.70. The average molecular weight is 463 g/mol. The molecule has 5 atom stereocenters. The van der Waals surface area contributed by atoms with Gasteiger partial charge in [-0.25, -0.2) is 0 Å². The minimum Gasteiger partial charge on any atom is -0.390 e. The van der Waals surface area contributed by atoms with Crippen molar-refractivity contribution in [1.82, 2.24) is 9.78 Å². The zero-order chi connectivity index (χ0) is 23.6. The molecule has 5 unspecified atom stereocenters. The fourth-order valence-corrected chi connectivity index (χ4v) is 4.56. The molecule has 6 nitrogen and oxygen atoms in total. The predicted octanol–water partition coefficient (Wildman–Crippen LogP) is 3.64. The van der Waals surface area contributed by atoms with Crippen LogP contribution >= 0.6 is 0 Å². The second kappa shape index (κ2) is 7.48. The summed E-state index contributed by atoms with van der Waals surface area (Å²) in [5, 5.41) is 16.1. The molecule has 2 fully saturated rings. The third kappa shape index (κ3) is 3.85. The van der Waals surface area contributed by atoms with E-state index < -0.39 is 59.7 Å². The van der Waals surface area contributed by atoms with Crippen LogP contribution in [-0.2, 0) is 28.9 Å². The Labute approximate surface area is 178 Å². The van der Waals surface area contributed by atoms with Crippen LogP contribution in [0.3, 0.4) is 0 Å². The highest BCUT2D eigenvalue weighted by Crippen LogP contribution is 2.50. The van der Waals surface area contributed by atoms with E-state index in [1.807, 2.05) is 0 Å². The SMILES string of the molecule is Cc1ccc(NC(=O)C2C3CC(O)C(O3)C2c2cc(C(F)(F)F)nn2C)cc1C(F)(F)F. The maximum absolute atomic E-state index is 13.2. The topological polar surface area (TPSA) is 76.4 Å². The Morgan fingerprint density at radius 2 is 1.88 bits per heavy atom. The lowest BCUT2D eigenvalue weighted by Crippen LogP contribution is -2.41. The van der Waals surface area contributed by atoms with Crippen molar-refractivity contribution in [2.45, 2.75) is 49.9 Å². The molecule has 0 radical (unpaired) electrons. The van der Waals surface area contributed by atoms with Gasteiger partial charge in [-0.05, 0) is 30.7 Å². The standard InChI is InChI=1S/C20H19F6N3O3/c1-8-3-4-9(5-10(8)19(21,22)23)27-18(31)16-13-7-12(30)17(32-13)15(16)11-6-14(20(24,25)26)28-29(11)2/h3-6,12-13,15-17,30H,7H2,1-2H3,(H,27,31). The van der Waals surface area contributed by atoms with Gasteiger partial charge in [0.2, 0.25) is 5.91 Å². The largest absolute Gasteiger partial charge is 0.435 e. The molecule has 2 bridgehead atoms. The number of aliphatic hydroxyl groups is 1. The van der Waals surface area contributed by atoms with E-state index >= 15 is 0 Å². The Bertz CT molecular complexity index is 1050. The summed E-state index contributed by atoms with van der Waals surface area (Å²) in [5.41, 5.74) is -2.14. The van der Waals surface area contributed by atoms with Crippen molar-refractivity contribution in [3.63, 3.8) is 0 Å². The molecule has 174 valence electrons. The molecule has 0 spiro atoms. The van der Waals surface area contributed by atoms with Crippen LogP contribution in [0.4, 0.5) is 32.0 Å². The number of alkyl halides is 6. The molecule has 2 saturated heterocycles. The summed E-state index contributed by atoms with van der Waals surface area (Å²) in [6, 6.07) is 4.13. The second-order valence-corrected chi connectivity index (χ2v) is 8.09. The van der Waals surface area contributed by atoms with Crippen molar-refractivity contribution in [3.8, 4) is 0 Å². The number of ether oxygens (including phenoxy) is 1. The molecule has 1 aromatic carbocycles. The third-order valence-corrected chi connectivity index (χ3v) is 5.99. The molecule has 12 heteroatoms. The van der Waals surface area contributed by atoms with E-state index in [1.54, 1.807) is 0 Å². The van der Waals surface area contributed by atoms with Crippen LogP contribution < -0.4 is 5.32 Å². The lowest BCUT2D eigenvalue weighted by Gasteiger charge is -2.30. The average Bonchev–Trinajstić information content (AvgIpc) is 3.33. The van der Waals surface area contributed by atoms with Crippen molar-refractivity contribution in [3.05, 3.63) is 46.8 Å². The molecule has 2 aromatic rings. The van der Waals surface area contributed by atoms with E-state index in [0.717, 1.165) is 16.8 Å². The number of aromatic nitrogens is 2. The van der Waals surface area contributed by atoms with Gasteiger partial charge in [-0.1, -0.05) is 6.07 Å². The summed E-state index contributed by atoms with van der Waals surface area (Å²) in [6.45, 7) is 1.29. The summed E-state index contributed by atoms with van der Waals surface area (Å²) >= 11 is 0. The molecule has 0 aliphatic carbocycles. The molecule has 1 aromatic heterocycles. The van der Waals surface area contributed by atoms with Gasteiger partial charge in [-0.2, -0.15) is 31.4 Å². The highest BCUT2D eigenvalue weighted by atomic mass is 19.4. The number of benzene rings is 1. The number of hydrogen-bond donors (Lipinski definition) is 2. The van der Waals surface area contributed by atoms with Crippen molar-refractivity contribution >= 4 is 11.6 Å². The minimum atomic E-state index is -4.71. The number of carbonyl (C=O) groups is 1. The molecule has 2 N–H and O–H groups in total. The van der Waals surface area contributed by atoms with Gasteiger partial charge in [0.1, 0.15) is 0 Å². The summed E-state index contributed by atoms with van der Waals surface area (Å²) in [5.74, 6) is -2.68. The number of nitrogens with one attached hydrogen (secondary N) is 1. The zero-order valence-corrected chi connectivity index (χ0v) is 16.8. The Balaban J connectivity index is 1.65. The number of hydrogen-bond acceptors (Lipinski definition) is 4. The molecular weight excluding hydrogens is 444 g/mol. The summed E-state index contributed by atoms with van der Waals surface area (Å²) in [7, 11) is 1.29. The van der Waals surface area contributed by atoms with Crippen LogP contribution in [0.5, 0.6) is 0 Å². The number of anilines is 1. The first-order valence-electron chi connectivity index (χ1n) is 9.70. The van der Waals surface area contributed by atoms with Gasteiger partial charge in [0.05, 0.1) is 29.8 Å². The molecule has 4 rings (SSSR count). The maximum Gasteiger partial charge on any atom is 0.435 e. The molecule has 32 heavy (non-hydrogen) atoms. The van der Waals surface area contributed by atoms with Gasteiger partial charge in [0.25, 0.3) is 0 Å². The van der Waals surface area contributed by atoms with Crippen LogP contribution in [0, 0.1) is 12.8 Å².